The Balaban J connectivity index is 1.96. The van der Waals surface area contributed by atoms with Crippen molar-refractivity contribution in [1.82, 2.24) is 20.0 Å². The molecular weight excluding hydrogens is 274 g/mol. The van der Waals surface area contributed by atoms with Crippen molar-refractivity contribution in [3.8, 4) is 0 Å². The number of nitrogens with two attached hydrogens (primary N) is 1. The van der Waals surface area contributed by atoms with Gasteiger partial charge in [0.1, 0.15) is 0 Å². The van der Waals surface area contributed by atoms with E-state index in [9.17, 15) is 0 Å². The van der Waals surface area contributed by atoms with Gasteiger partial charge in [-0.25, -0.2) is 4.52 Å². The minimum absolute atomic E-state index is 0.0726. The number of hydrogen-bond donors (Lipinski definition) is 2. The molecule has 0 aliphatic carbocycles. The molecule has 6 heteroatoms. The van der Waals surface area contributed by atoms with E-state index in [2.05, 4.69) is 15.5 Å². The van der Waals surface area contributed by atoms with Crippen molar-refractivity contribution in [1.29, 1.82) is 0 Å². The van der Waals surface area contributed by atoms with Crippen LogP contribution in [0.5, 0.6) is 0 Å². The first-order valence-electron chi connectivity index (χ1n) is 6.26. The number of halogens is 1. The predicted octanol–water partition coefficient (Wildman–Crippen LogP) is 2.13. The first-order valence-corrected chi connectivity index (χ1v) is 6.64. The van der Waals surface area contributed by atoms with E-state index in [0.717, 1.165) is 21.7 Å². The van der Waals surface area contributed by atoms with Crippen molar-refractivity contribution in [2.75, 3.05) is 0 Å². The number of hydrogen-bond acceptors (Lipinski definition) is 4. The van der Waals surface area contributed by atoms with Crippen molar-refractivity contribution in [3.05, 3.63) is 65.2 Å². The molecule has 0 spiro atoms. The van der Waals surface area contributed by atoms with E-state index >= 15 is 0 Å². The Kier molecular flexibility index (Phi) is 3.64. The molecule has 3 N–H and O–H groups in total. The van der Waals surface area contributed by atoms with Crippen LogP contribution in [0.1, 0.15) is 17.2 Å². The molecule has 2 heterocycles. The van der Waals surface area contributed by atoms with Gasteiger partial charge in [0.2, 0.25) is 0 Å². The Labute approximate surface area is 121 Å². The first kappa shape index (κ1) is 13.1. The SMILES string of the molecule is NNC(Cc1ccccc1Cl)c1cnn2ccncc12. The van der Waals surface area contributed by atoms with Crippen molar-refractivity contribution < 1.29 is 0 Å². The molecule has 0 radical (unpaired) electrons. The highest BCUT2D eigenvalue weighted by atomic mass is 35.5. The largest absolute Gasteiger partial charge is 0.271 e. The van der Waals surface area contributed by atoms with Gasteiger partial charge >= 0.3 is 0 Å². The zero-order valence-corrected chi connectivity index (χ0v) is 11.5. The van der Waals surface area contributed by atoms with E-state index in [4.69, 9.17) is 17.4 Å². The third-order valence-corrected chi connectivity index (χ3v) is 3.68. The highest BCUT2D eigenvalue weighted by Gasteiger charge is 2.16. The average Bonchev–Trinajstić information content (AvgIpc) is 2.90. The monoisotopic (exact) mass is 287 g/mol. The highest BCUT2D eigenvalue weighted by Crippen LogP contribution is 2.25. The number of fused-ring (bicyclic) bond motifs is 1. The van der Waals surface area contributed by atoms with Crippen LogP contribution in [0.25, 0.3) is 5.52 Å². The number of benzene rings is 1. The highest BCUT2D eigenvalue weighted by molar-refractivity contribution is 6.31. The molecule has 3 aromatic rings. The van der Waals surface area contributed by atoms with Crippen LogP contribution < -0.4 is 11.3 Å². The summed E-state index contributed by atoms with van der Waals surface area (Å²) in [4.78, 5) is 4.13. The lowest BCUT2D eigenvalue weighted by Crippen LogP contribution is -2.29. The van der Waals surface area contributed by atoms with Crippen LogP contribution in [0.15, 0.2) is 49.1 Å². The molecule has 0 aliphatic rings. The summed E-state index contributed by atoms with van der Waals surface area (Å²) in [5.41, 5.74) is 5.81. The van der Waals surface area contributed by atoms with Crippen molar-refractivity contribution in [2.24, 2.45) is 5.84 Å². The van der Waals surface area contributed by atoms with E-state index in [1.807, 2.05) is 30.5 Å². The van der Waals surface area contributed by atoms with Gasteiger partial charge in [-0.1, -0.05) is 29.8 Å². The van der Waals surface area contributed by atoms with Gasteiger partial charge < -0.3 is 0 Å². The normalized spacial score (nSPS) is 12.7. The minimum Gasteiger partial charge on any atom is -0.271 e. The molecule has 0 aliphatic heterocycles. The van der Waals surface area contributed by atoms with Gasteiger partial charge in [0, 0.05) is 23.0 Å². The lowest BCUT2D eigenvalue weighted by atomic mass is 10.0. The van der Waals surface area contributed by atoms with Crippen molar-refractivity contribution in [3.63, 3.8) is 0 Å². The van der Waals surface area contributed by atoms with Crippen LogP contribution in [-0.4, -0.2) is 14.6 Å². The van der Waals surface area contributed by atoms with Crippen LogP contribution in [0.2, 0.25) is 5.02 Å². The Morgan fingerprint density at radius 3 is 2.95 bits per heavy atom. The second kappa shape index (κ2) is 5.58. The van der Waals surface area contributed by atoms with Gasteiger partial charge in [0.05, 0.1) is 24.0 Å². The number of hydrazine groups is 1. The van der Waals surface area contributed by atoms with Crippen LogP contribution in [-0.2, 0) is 6.42 Å². The maximum atomic E-state index is 6.20. The summed E-state index contributed by atoms with van der Waals surface area (Å²) >= 11 is 6.20. The predicted molar refractivity (Wildman–Crippen MR) is 78.2 cm³/mol. The second-order valence-electron chi connectivity index (χ2n) is 4.52. The first-order chi connectivity index (χ1) is 9.79. The molecule has 0 saturated carbocycles. The van der Waals surface area contributed by atoms with Gasteiger partial charge in [0.25, 0.3) is 0 Å². The fourth-order valence-corrected chi connectivity index (χ4v) is 2.48. The topological polar surface area (TPSA) is 68.2 Å². The molecule has 1 atom stereocenters. The Morgan fingerprint density at radius 1 is 1.30 bits per heavy atom. The number of aromatic nitrogens is 3. The van der Waals surface area contributed by atoms with Crippen LogP contribution >= 0.6 is 11.6 Å². The van der Waals surface area contributed by atoms with E-state index in [0.29, 0.717) is 6.42 Å². The lowest BCUT2D eigenvalue weighted by Gasteiger charge is -2.15. The van der Waals surface area contributed by atoms with E-state index in [1.165, 1.54) is 0 Å². The Morgan fingerprint density at radius 2 is 2.15 bits per heavy atom. The Hall–Kier alpha value is -1.95. The number of nitrogens with zero attached hydrogens (tertiary/aromatic N) is 3. The summed E-state index contributed by atoms with van der Waals surface area (Å²) in [6, 6.07) is 7.68. The molecule has 2 aromatic heterocycles. The molecule has 1 aromatic carbocycles. The number of nitrogens with one attached hydrogen (secondary N) is 1. The van der Waals surface area contributed by atoms with Crippen LogP contribution in [0, 0.1) is 0 Å². The van der Waals surface area contributed by atoms with E-state index in [-0.39, 0.29) is 6.04 Å². The third-order valence-electron chi connectivity index (χ3n) is 3.31. The van der Waals surface area contributed by atoms with Gasteiger partial charge in [-0.15, -0.1) is 0 Å². The summed E-state index contributed by atoms with van der Waals surface area (Å²) < 4.78 is 1.78. The molecule has 0 bridgehead atoms. The van der Waals surface area contributed by atoms with Crippen LogP contribution in [0.4, 0.5) is 0 Å². The van der Waals surface area contributed by atoms with Gasteiger partial charge in [0.15, 0.2) is 0 Å². The van der Waals surface area contributed by atoms with Gasteiger partial charge in [-0.3, -0.25) is 16.3 Å². The van der Waals surface area contributed by atoms with E-state index < -0.39 is 0 Å². The van der Waals surface area contributed by atoms with Crippen molar-refractivity contribution in [2.45, 2.75) is 12.5 Å². The number of rotatable bonds is 4. The fourth-order valence-electron chi connectivity index (χ4n) is 2.26. The quantitative estimate of drug-likeness (QED) is 0.570. The van der Waals surface area contributed by atoms with E-state index in [1.54, 1.807) is 23.1 Å². The summed E-state index contributed by atoms with van der Waals surface area (Å²) in [6.45, 7) is 0. The maximum Gasteiger partial charge on any atom is 0.0893 e. The zero-order valence-electron chi connectivity index (χ0n) is 10.7. The summed E-state index contributed by atoms with van der Waals surface area (Å²) in [5, 5.41) is 5.04. The average molecular weight is 288 g/mol. The summed E-state index contributed by atoms with van der Waals surface area (Å²) in [6.07, 6.45) is 7.77. The molecule has 5 nitrogen and oxygen atoms in total. The van der Waals surface area contributed by atoms with Gasteiger partial charge in [-0.05, 0) is 18.1 Å². The maximum absolute atomic E-state index is 6.20. The third kappa shape index (κ3) is 2.38. The van der Waals surface area contributed by atoms with Crippen LogP contribution in [0.3, 0.4) is 0 Å². The summed E-state index contributed by atoms with van der Waals surface area (Å²) in [7, 11) is 0. The molecule has 3 rings (SSSR count). The standard InChI is InChI=1S/C14H14ClN5/c15-12-4-2-1-3-10(12)7-13(19-16)11-8-18-20-6-5-17-9-14(11)20/h1-6,8-9,13,19H,7,16H2. The second-order valence-corrected chi connectivity index (χ2v) is 4.93. The fraction of sp³-hybridized carbons (Fsp3) is 0.143. The van der Waals surface area contributed by atoms with Gasteiger partial charge in [-0.2, -0.15) is 5.10 Å². The molecule has 102 valence electrons. The molecular formula is C14H14ClN5. The molecule has 20 heavy (non-hydrogen) atoms. The molecule has 0 amide bonds. The zero-order chi connectivity index (χ0) is 13.9. The minimum atomic E-state index is -0.0726. The lowest BCUT2D eigenvalue weighted by molar-refractivity contribution is 0.555. The molecule has 1 unspecified atom stereocenters. The molecule has 0 saturated heterocycles. The Bertz CT molecular complexity index is 724. The molecule has 0 fully saturated rings. The smallest absolute Gasteiger partial charge is 0.0893 e. The van der Waals surface area contributed by atoms with Crippen molar-refractivity contribution >= 4 is 17.1 Å². The summed E-state index contributed by atoms with van der Waals surface area (Å²) in [5.74, 6) is 5.70.